The SMILES string of the molecule is COc1cc(CN2CC(CN(C(=O)C(C)C)C(C)C)C(c3ccccc3)C2)cc(OC)c1. The van der Waals surface area contributed by atoms with Crippen LogP contribution in [0.1, 0.15) is 44.7 Å². The lowest BCUT2D eigenvalue weighted by molar-refractivity contribution is -0.136. The smallest absolute Gasteiger partial charge is 0.225 e. The number of likely N-dealkylation sites (tertiary alicyclic amines) is 1. The normalized spacial score (nSPS) is 18.9. The van der Waals surface area contributed by atoms with Crippen molar-refractivity contribution in [3.05, 3.63) is 59.7 Å². The van der Waals surface area contributed by atoms with Crippen molar-refractivity contribution in [2.45, 2.75) is 46.2 Å². The molecule has 2 unspecified atom stereocenters. The van der Waals surface area contributed by atoms with E-state index in [1.165, 1.54) is 11.1 Å². The molecule has 1 fully saturated rings. The Kier molecular flexibility index (Phi) is 8.19. The van der Waals surface area contributed by atoms with Gasteiger partial charge >= 0.3 is 0 Å². The van der Waals surface area contributed by atoms with E-state index in [0.29, 0.717) is 11.8 Å². The van der Waals surface area contributed by atoms with Gasteiger partial charge in [-0.05, 0) is 43.0 Å². The molecule has 32 heavy (non-hydrogen) atoms. The molecule has 1 saturated heterocycles. The van der Waals surface area contributed by atoms with E-state index in [-0.39, 0.29) is 17.9 Å². The van der Waals surface area contributed by atoms with Crippen LogP contribution in [0.15, 0.2) is 48.5 Å². The predicted molar refractivity (Wildman–Crippen MR) is 129 cm³/mol. The number of nitrogens with zero attached hydrogens (tertiary/aromatic N) is 2. The zero-order valence-electron chi connectivity index (χ0n) is 20.4. The third kappa shape index (κ3) is 5.83. The second-order valence-electron chi connectivity index (χ2n) is 9.43. The van der Waals surface area contributed by atoms with Gasteiger partial charge in [-0.3, -0.25) is 9.69 Å². The number of rotatable bonds is 9. The molecular formula is C27H38N2O3. The van der Waals surface area contributed by atoms with Gasteiger partial charge in [-0.15, -0.1) is 0 Å². The summed E-state index contributed by atoms with van der Waals surface area (Å²) >= 11 is 0. The van der Waals surface area contributed by atoms with E-state index in [2.05, 4.69) is 66.1 Å². The molecule has 1 heterocycles. The summed E-state index contributed by atoms with van der Waals surface area (Å²) in [5.74, 6) is 2.64. The van der Waals surface area contributed by atoms with Crippen molar-refractivity contribution in [1.29, 1.82) is 0 Å². The standard InChI is InChI=1S/C27H38N2O3/c1-19(2)27(30)29(20(3)4)17-23-16-28(18-26(23)22-10-8-7-9-11-22)15-21-12-24(31-5)14-25(13-21)32-6/h7-14,19-20,23,26H,15-18H2,1-6H3. The van der Waals surface area contributed by atoms with Gasteiger partial charge in [0.2, 0.25) is 5.91 Å². The van der Waals surface area contributed by atoms with Crippen LogP contribution in [-0.4, -0.2) is 55.6 Å². The van der Waals surface area contributed by atoms with Crippen molar-refractivity contribution < 1.29 is 14.3 Å². The molecule has 1 amide bonds. The van der Waals surface area contributed by atoms with E-state index in [1.54, 1.807) is 14.2 Å². The van der Waals surface area contributed by atoms with Gasteiger partial charge in [0.25, 0.3) is 0 Å². The Morgan fingerprint density at radius 2 is 1.62 bits per heavy atom. The fourth-order valence-electron chi connectivity index (χ4n) is 4.71. The summed E-state index contributed by atoms with van der Waals surface area (Å²) in [6.07, 6.45) is 0. The minimum Gasteiger partial charge on any atom is -0.497 e. The maximum Gasteiger partial charge on any atom is 0.225 e. The van der Waals surface area contributed by atoms with Crippen molar-refractivity contribution in [1.82, 2.24) is 9.80 Å². The summed E-state index contributed by atoms with van der Waals surface area (Å²) in [5.41, 5.74) is 2.52. The predicted octanol–water partition coefficient (Wildman–Crippen LogP) is 4.81. The van der Waals surface area contributed by atoms with Crippen molar-refractivity contribution in [2.75, 3.05) is 33.9 Å². The monoisotopic (exact) mass is 438 g/mol. The number of amides is 1. The highest BCUT2D eigenvalue weighted by Crippen LogP contribution is 2.35. The van der Waals surface area contributed by atoms with Crippen LogP contribution in [0.2, 0.25) is 0 Å². The van der Waals surface area contributed by atoms with Gasteiger partial charge in [0.1, 0.15) is 11.5 Å². The topological polar surface area (TPSA) is 42.0 Å². The van der Waals surface area contributed by atoms with Crippen LogP contribution in [0.5, 0.6) is 11.5 Å². The van der Waals surface area contributed by atoms with Crippen LogP contribution in [0.25, 0.3) is 0 Å². The first-order chi connectivity index (χ1) is 15.3. The molecule has 1 aliphatic rings. The van der Waals surface area contributed by atoms with Gasteiger partial charge in [0.15, 0.2) is 0 Å². The van der Waals surface area contributed by atoms with Crippen LogP contribution < -0.4 is 9.47 Å². The molecule has 0 bridgehead atoms. The average molecular weight is 439 g/mol. The zero-order valence-corrected chi connectivity index (χ0v) is 20.4. The van der Waals surface area contributed by atoms with Crippen LogP contribution in [0.4, 0.5) is 0 Å². The van der Waals surface area contributed by atoms with Gasteiger partial charge in [0, 0.05) is 50.1 Å². The molecule has 2 aromatic carbocycles. The Hall–Kier alpha value is -2.53. The summed E-state index contributed by atoms with van der Waals surface area (Å²) in [6.45, 7) is 11.7. The molecule has 2 aromatic rings. The van der Waals surface area contributed by atoms with Crippen molar-refractivity contribution in [3.63, 3.8) is 0 Å². The molecule has 3 rings (SSSR count). The van der Waals surface area contributed by atoms with Crippen LogP contribution in [0.3, 0.4) is 0 Å². The van der Waals surface area contributed by atoms with Gasteiger partial charge in [-0.25, -0.2) is 0 Å². The lowest BCUT2D eigenvalue weighted by atomic mass is 9.88. The molecule has 2 atom stereocenters. The maximum atomic E-state index is 12.9. The highest BCUT2D eigenvalue weighted by molar-refractivity contribution is 5.78. The minimum absolute atomic E-state index is 0.00864. The molecule has 5 nitrogen and oxygen atoms in total. The number of methoxy groups -OCH3 is 2. The molecule has 1 aliphatic heterocycles. The molecule has 0 aliphatic carbocycles. The first kappa shape index (κ1) is 24.1. The Labute approximate surface area is 193 Å². The molecule has 174 valence electrons. The van der Waals surface area contributed by atoms with Gasteiger partial charge in [0.05, 0.1) is 14.2 Å². The van der Waals surface area contributed by atoms with Crippen LogP contribution in [0, 0.1) is 11.8 Å². The number of hydrogen-bond donors (Lipinski definition) is 0. The average Bonchev–Trinajstić information content (AvgIpc) is 3.19. The van der Waals surface area contributed by atoms with E-state index < -0.39 is 0 Å². The Morgan fingerprint density at radius 3 is 2.16 bits per heavy atom. The third-order valence-electron chi connectivity index (χ3n) is 6.39. The fraction of sp³-hybridized carbons (Fsp3) is 0.519. The maximum absolute atomic E-state index is 12.9. The summed E-state index contributed by atoms with van der Waals surface area (Å²) in [7, 11) is 3.37. The largest absolute Gasteiger partial charge is 0.497 e. The van der Waals surface area contributed by atoms with E-state index >= 15 is 0 Å². The second-order valence-corrected chi connectivity index (χ2v) is 9.43. The van der Waals surface area contributed by atoms with Crippen LogP contribution in [-0.2, 0) is 11.3 Å². The molecule has 0 aromatic heterocycles. The number of ether oxygens (including phenoxy) is 2. The first-order valence-electron chi connectivity index (χ1n) is 11.6. The number of benzene rings is 2. The summed E-state index contributed by atoms with van der Waals surface area (Å²) in [5, 5.41) is 0. The number of carbonyl (C=O) groups is 1. The van der Waals surface area contributed by atoms with Gasteiger partial charge in [-0.2, -0.15) is 0 Å². The molecule has 0 saturated carbocycles. The number of carbonyl (C=O) groups excluding carboxylic acids is 1. The van der Waals surface area contributed by atoms with Gasteiger partial charge in [-0.1, -0.05) is 44.2 Å². The van der Waals surface area contributed by atoms with Crippen molar-refractivity contribution in [3.8, 4) is 11.5 Å². The molecule has 5 heteroatoms. The summed E-state index contributed by atoms with van der Waals surface area (Å²) < 4.78 is 10.9. The molecule has 0 spiro atoms. The highest BCUT2D eigenvalue weighted by atomic mass is 16.5. The van der Waals surface area contributed by atoms with Crippen molar-refractivity contribution >= 4 is 5.91 Å². The Morgan fingerprint density at radius 1 is 1.00 bits per heavy atom. The van der Waals surface area contributed by atoms with E-state index in [0.717, 1.165) is 37.7 Å². The number of hydrogen-bond acceptors (Lipinski definition) is 4. The molecule has 0 N–H and O–H groups in total. The van der Waals surface area contributed by atoms with Gasteiger partial charge < -0.3 is 14.4 Å². The lowest BCUT2D eigenvalue weighted by Gasteiger charge is -2.33. The fourth-order valence-corrected chi connectivity index (χ4v) is 4.71. The lowest BCUT2D eigenvalue weighted by Crippen LogP contribution is -2.43. The Bertz CT molecular complexity index is 859. The first-order valence-corrected chi connectivity index (χ1v) is 11.6. The van der Waals surface area contributed by atoms with E-state index in [9.17, 15) is 4.79 Å². The third-order valence-corrected chi connectivity index (χ3v) is 6.39. The van der Waals surface area contributed by atoms with Crippen molar-refractivity contribution in [2.24, 2.45) is 11.8 Å². The minimum atomic E-state index is 0.00864. The summed E-state index contributed by atoms with van der Waals surface area (Å²) in [6, 6.07) is 17.0. The highest BCUT2D eigenvalue weighted by Gasteiger charge is 2.36. The second kappa shape index (κ2) is 10.9. The van der Waals surface area contributed by atoms with E-state index in [4.69, 9.17) is 9.47 Å². The molecular weight excluding hydrogens is 400 g/mol. The van der Waals surface area contributed by atoms with Crippen LogP contribution >= 0.6 is 0 Å². The quantitative estimate of drug-likeness (QED) is 0.563. The Balaban J connectivity index is 1.83. The summed E-state index contributed by atoms with van der Waals surface area (Å²) in [4.78, 5) is 17.5. The zero-order chi connectivity index (χ0) is 23.3. The van der Waals surface area contributed by atoms with E-state index in [1.807, 2.05) is 19.9 Å². The molecule has 0 radical (unpaired) electrons.